The largest absolute Gasteiger partial charge is 0.487 e. The van der Waals surface area contributed by atoms with Gasteiger partial charge in [-0.1, -0.05) is 34.1 Å². The van der Waals surface area contributed by atoms with Crippen LogP contribution in [0.2, 0.25) is 0 Å². The number of nitrogens with zero attached hydrogens (tertiary/aromatic N) is 1. The zero-order valence-corrected chi connectivity index (χ0v) is 29.4. The molecular formula is C33H40BrN5O7S. The van der Waals surface area contributed by atoms with E-state index in [1.807, 2.05) is 45.0 Å². The van der Waals surface area contributed by atoms with Gasteiger partial charge in [0.25, 0.3) is 21.5 Å². The first kappa shape index (κ1) is 35.7. The zero-order valence-electron chi connectivity index (χ0n) is 27.0. The molecule has 252 valence electrons. The SMILES string of the molecule is Cc1c(C)c(S(=O)(=O)NC(=N)NCCC[C@H](NC(=O)c2cccn(Cc3ccccc3Br)c2=O)C(=O)O)c(C)c2c1OC(C)(C)CC2. The van der Waals surface area contributed by atoms with Crippen molar-refractivity contribution in [1.82, 2.24) is 19.9 Å². The van der Waals surface area contributed by atoms with Gasteiger partial charge >= 0.3 is 5.97 Å². The van der Waals surface area contributed by atoms with Crippen molar-refractivity contribution in [2.45, 2.75) is 83.4 Å². The van der Waals surface area contributed by atoms with E-state index in [1.165, 1.54) is 10.6 Å². The average Bonchev–Trinajstić information content (AvgIpc) is 2.98. The number of hydrogen-bond donors (Lipinski definition) is 5. The summed E-state index contributed by atoms with van der Waals surface area (Å²) in [6.45, 7) is 9.54. The fourth-order valence-corrected chi connectivity index (χ4v) is 7.57. The van der Waals surface area contributed by atoms with E-state index in [2.05, 4.69) is 31.3 Å². The van der Waals surface area contributed by atoms with Crippen molar-refractivity contribution in [3.8, 4) is 5.75 Å². The van der Waals surface area contributed by atoms with Gasteiger partial charge in [0.2, 0.25) is 5.96 Å². The van der Waals surface area contributed by atoms with Crippen LogP contribution in [0.1, 0.15) is 71.3 Å². The second kappa shape index (κ2) is 14.3. The molecule has 12 nitrogen and oxygen atoms in total. The number of amides is 1. The molecule has 47 heavy (non-hydrogen) atoms. The molecule has 2 aromatic carbocycles. The maximum atomic E-state index is 13.4. The fourth-order valence-electron chi connectivity index (χ4n) is 5.63. The quantitative estimate of drug-likeness (QED) is 0.111. The third kappa shape index (κ3) is 8.22. The minimum absolute atomic E-state index is 0.0370. The van der Waals surface area contributed by atoms with Crippen LogP contribution < -0.4 is 25.7 Å². The Morgan fingerprint density at radius 1 is 1.11 bits per heavy atom. The van der Waals surface area contributed by atoms with Crippen molar-refractivity contribution in [3.05, 3.63) is 90.8 Å². The summed E-state index contributed by atoms with van der Waals surface area (Å²) in [5.74, 6) is -1.87. The lowest BCUT2D eigenvalue weighted by atomic mass is 9.88. The van der Waals surface area contributed by atoms with E-state index in [0.717, 1.165) is 27.6 Å². The number of pyridine rings is 1. The highest BCUT2D eigenvalue weighted by atomic mass is 79.9. The Bertz CT molecular complexity index is 1890. The third-order valence-corrected chi connectivity index (χ3v) is 10.7. The molecule has 0 radical (unpaired) electrons. The Balaban J connectivity index is 1.35. The topological polar surface area (TPSA) is 180 Å². The first-order chi connectivity index (χ1) is 22.0. The maximum Gasteiger partial charge on any atom is 0.326 e. The molecule has 3 aromatic rings. The summed E-state index contributed by atoms with van der Waals surface area (Å²) in [7, 11) is -4.13. The smallest absolute Gasteiger partial charge is 0.326 e. The molecule has 1 aromatic heterocycles. The Morgan fingerprint density at radius 2 is 1.81 bits per heavy atom. The Hall–Kier alpha value is -4.17. The summed E-state index contributed by atoms with van der Waals surface area (Å²) in [4.78, 5) is 38.0. The normalized spacial score (nSPS) is 14.3. The summed E-state index contributed by atoms with van der Waals surface area (Å²) >= 11 is 3.45. The Kier molecular flexibility index (Phi) is 10.9. The molecule has 2 heterocycles. The van der Waals surface area contributed by atoms with Crippen molar-refractivity contribution in [2.75, 3.05) is 6.54 Å². The van der Waals surface area contributed by atoms with Gasteiger partial charge in [-0.05, 0) is 106 Å². The van der Waals surface area contributed by atoms with Crippen LogP contribution in [-0.2, 0) is 27.8 Å². The molecule has 1 atom stereocenters. The molecule has 5 N–H and O–H groups in total. The highest BCUT2D eigenvalue weighted by Crippen LogP contribution is 2.42. The number of ether oxygens (including phenoxy) is 1. The number of benzene rings is 2. The number of carbonyl (C=O) groups excluding carboxylic acids is 1. The lowest BCUT2D eigenvalue weighted by Crippen LogP contribution is -2.44. The molecule has 4 rings (SSSR count). The van der Waals surface area contributed by atoms with Crippen LogP contribution in [0.5, 0.6) is 5.75 Å². The van der Waals surface area contributed by atoms with E-state index in [-0.39, 0.29) is 42.0 Å². The fraction of sp³-hybridized carbons (Fsp3) is 0.394. The Labute approximate surface area is 282 Å². The molecule has 0 spiro atoms. The monoisotopic (exact) mass is 729 g/mol. The molecule has 0 fully saturated rings. The molecule has 1 amide bonds. The number of carboxylic acid groups (broad SMARTS) is 1. The van der Waals surface area contributed by atoms with Crippen molar-refractivity contribution >= 4 is 43.8 Å². The van der Waals surface area contributed by atoms with Crippen LogP contribution in [0.15, 0.2) is 56.8 Å². The number of fused-ring (bicyclic) bond motifs is 1. The number of carboxylic acids is 1. The second-order valence-corrected chi connectivity index (χ2v) is 14.7. The first-order valence-corrected chi connectivity index (χ1v) is 17.4. The van der Waals surface area contributed by atoms with E-state index in [1.54, 1.807) is 26.1 Å². The van der Waals surface area contributed by atoms with Gasteiger partial charge in [0, 0.05) is 17.2 Å². The van der Waals surface area contributed by atoms with Crippen LogP contribution >= 0.6 is 15.9 Å². The summed E-state index contributed by atoms with van der Waals surface area (Å²) < 4.78 is 37.5. The number of aliphatic carboxylic acids is 1. The number of hydrogen-bond acceptors (Lipinski definition) is 7. The molecule has 0 aliphatic carbocycles. The lowest BCUT2D eigenvalue weighted by molar-refractivity contribution is -0.139. The van der Waals surface area contributed by atoms with Gasteiger partial charge < -0.3 is 25.0 Å². The number of rotatable bonds is 11. The van der Waals surface area contributed by atoms with Gasteiger partial charge in [0.05, 0.1) is 11.4 Å². The van der Waals surface area contributed by atoms with Gasteiger partial charge in [0.1, 0.15) is 23.0 Å². The number of sulfonamides is 1. The lowest BCUT2D eigenvalue weighted by Gasteiger charge is -2.35. The molecule has 0 bridgehead atoms. The first-order valence-electron chi connectivity index (χ1n) is 15.2. The van der Waals surface area contributed by atoms with E-state index in [9.17, 15) is 27.9 Å². The van der Waals surface area contributed by atoms with Gasteiger partial charge in [-0.3, -0.25) is 15.0 Å². The Morgan fingerprint density at radius 3 is 2.49 bits per heavy atom. The van der Waals surface area contributed by atoms with Gasteiger partial charge in [-0.25, -0.2) is 17.9 Å². The van der Waals surface area contributed by atoms with Crippen molar-refractivity contribution in [3.63, 3.8) is 0 Å². The third-order valence-electron chi connectivity index (χ3n) is 8.31. The van der Waals surface area contributed by atoms with Crippen molar-refractivity contribution < 1.29 is 27.9 Å². The number of halogens is 1. The molecular weight excluding hydrogens is 690 g/mol. The van der Waals surface area contributed by atoms with E-state index >= 15 is 0 Å². The molecule has 0 unspecified atom stereocenters. The van der Waals surface area contributed by atoms with Crippen LogP contribution in [0.4, 0.5) is 0 Å². The molecule has 14 heteroatoms. The number of nitrogens with one attached hydrogen (secondary N) is 4. The van der Waals surface area contributed by atoms with Gasteiger partial charge in [-0.15, -0.1) is 0 Å². The van der Waals surface area contributed by atoms with Gasteiger partial charge in [-0.2, -0.15) is 0 Å². The number of aromatic nitrogens is 1. The van der Waals surface area contributed by atoms with Crippen LogP contribution in [0, 0.1) is 26.2 Å². The number of carbonyl (C=O) groups is 2. The molecule has 0 saturated carbocycles. The summed E-state index contributed by atoms with van der Waals surface area (Å²) in [6, 6.07) is 8.92. The zero-order chi connectivity index (χ0) is 34.7. The van der Waals surface area contributed by atoms with Crippen molar-refractivity contribution in [1.29, 1.82) is 5.41 Å². The molecule has 0 saturated heterocycles. The van der Waals surface area contributed by atoms with Crippen LogP contribution in [-0.4, -0.2) is 54.1 Å². The molecule has 1 aliphatic heterocycles. The van der Waals surface area contributed by atoms with E-state index < -0.39 is 39.5 Å². The minimum atomic E-state index is -4.13. The molecule has 1 aliphatic rings. The maximum absolute atomic E-state index is 13.4. The minimum Gasteiger partial charge on any atom is -0.487 e. The summed E-state index contributed by atoms with van der Waals surface area (Å²) in [5.41, 5.74) is 2.41. The highest BCUT2D eigenvalue weighted by Gasteiger charge is 2.33. The summed E-state index contributed by atoms with van der Waals surface area (Å²) in [6.07, 6.45) is 3.09. The van der Waals surface area contributed by atoms with E-state index in [0.29, 0.717) is 23.3 Å². The van der Waals surface area contributed by atoms with Gasteiger partial charge in [0.15, 0.2) is 0 Å². The van der Waals surface area contributed by atoms with Crippen LogP contribution in [0.3, 0.4) is 0 Å². The second-order valence-electron chi connectivity index (χ2n) is 12.2. The van der Waals surface area contributed by atoms with Crippen molar-refractivity contribution in [2.24, 2.45) is 0 Å². The number of guanidine groups is 1. The average molecular weight is 731 g/mol. The summed E-state index contributed by atoms with van der Waals surface area (Å²) in [5, 5.41) is 23.0. The predicted molar refractivity (Wildman–Crippen MR) is 182 cm³/mol. The standard InChI is InChI=1S/C33H40BrN5O7S/c1-19-20(2)28(21(3)23-14-15-33(4,5)46-27(19)23)47(44,45)38-32(35)36-16-8-13-26(31(42)43)37-29(40)24-11-9-17-39(30(24)41)18-22-10-6-7-12-25(22)34/h6-7,9-12,17,26H,8,13-16,18H2,1-5H3,(H,37,40)(H,42,43)(H3,35,36,38)/t26-/m0/s1. The van der Waals surface area contributed by atoms with Crippen LogP contribution in [0.25, 0.3) is 0 Å². The predicted octanol–water partition coefficient (Wildman–Crippen LogP) is 4.15. The highest BCUT2D eigenvalue weighted by molar-refractivity contribution is 9.10. The van der Waals surface area contributed by atoms with E-state index in [4.69, 9.17) is 10.1 Å².